The molecule has 2 aliphatic rings. The molecule has 0 aromatic carbocycles. The summed E-state index contributed by atoms with van der Waals surface area (Å²) >= 11 is 0. The Morgan fingerprint density at radius 1 is 1.23 bits per heavy atom. The van der Waals surface area contributed by atoms with Gasteiger partial charge in [0.25, 0.3) is 5.92 Å². The maximum absolute atomic E-state index is 14.4. The minimum atomic E-state index is -3.14. The van der Waals surface area contributed by atoms with E-state index in [2.05, 4.69) is 0 Å². The highest BCUT2D eigenvalue weighted by Crippen LogP contribution is 2.44. The Balaban J connectivity index is 2.26. The lowest BCUT2D eigenvalue weighted by Crippen LogP contribution is -2.57. The van der Waals surface area contributed by atoms with Gasteiger partial charge in [0.05, 0.1) is 12.5 Å². The molecule has 6 nitrogen and oxygen atoms in total. The van der Waals surface area contributed by atoms with E-state index in [1.807, 2.05) is 0 Å². The van der Waals surface area contributed by atoms with Gasteiger partial charge >= 0.3 is 6.09 Å². The van der Waals surface area contributed by atoms with E-state index in [9.17, 15) is 23.2 Å². The second-order valence-electron chi connectivity index (χ2n) is 8.91. The van der Waals surface area contributed by atoms with Gasteiger partial charge in [-0.15, -0.1) is 0 Å². The molecule has 8 heteroatoms. The van der Waals surface area contributed by atoms with Crippen LogP contribution in [0, 0.1) is 11.3 Å². The number of fused-ring (bicyclic) bond motifs is 1. The lowest BCUT2D eigenvalue weighted by atomic mass is 9.84. The lowest BCUT2D eigenvalue weighted by molar-refractivity contribution is -0.146. The zero-order valence-corrected chi connectivity index (χ0v) is 16.3. The Kier molecular flexibility index (Phi) is 5.11. The molecule has 0 N–H and O–H groups in total. The van der Waals surface area contributed by atoms with Crippen molar-refractivity contribution in [3.63, 3.8) is 0 Å². The number of hydrogen-bond donors (Lipinski definition) is 0. The SMILES string of the molecule is CC(=O)C(C)(C)CN1CC[C@H]2[C@@H](C1=O)N(C(=O)OC(C)(C)C)CC2(F)F. The number of rotatable bonds is 3. The summed E-state index contributed by atoms with van der Waals surface area (Å²) in [5, 5.41) is 0. The van der Waals surface area contributed by atoms with Crippen LogP contribution in [-0.4, -0.2) is 64.8 Å². The molecule has 148 valence electrons. The third kappa shape index (κ3) is 3.99. The van der Waals surface area contributed by atoms with Crippen LogP contribution in [0.2, 0.25) is 0 Å². The molecule has 0 aromatic heterocycles. The van der Waals surface area contributed by atoms with Gasteiger partial charge in [0.2, 0.25) is 5.91 Å². The van der Waals surface area contributed by atoms with Crippen LogP contribution in [0.4, 0.5) is 13.6 Å². The number of halogens is 2. The van der Waals surface area contributed by atoms with E-state index in [1.165, 1.54) is 11.8 Å². The van der Waals surface area contributed by atoms with Crippen LogP contribution in [0.15, 0.2) is 0 Å². The third-order valence-electron chi connectivity index (χ3n) is 5.08. The van der Waals surface area contributed by atoms with Gasteiger partial charge in [-0.3, -0.25) is 14.5 Å². The standard InChI is InChI=1S/C18H28F2N2O4/c1-11(23)17(5,6)9-21-8-7-12-13(14(21)24)22(10-18(12,19)20)15(25)26-16(2,3)4/h12-13H,7-10H2,1-6H3/t12-,13-/m0/s1. The number of ether oxygens (including phenoxy) is 1. The van der Waals surface area contributed by atoms with Crippen LogP contribution in [0.25, 0.3) is 0 Å². The molecule has 2 heterocycles. The smallest absolute Gasteiger partial charge is 0.411 e. The lowest BCUT2D eigenvalue weighted by Gasteiger charge is -2.40. The molecule has 0 saturated carbocycles. The van der Waals surface area contributed by atoms with Crippen molar-refractivity contribution in [3.05, 3.63) is 0 Å². The van der Waals surface area contributed by atoms with Crippen molar-refractivity contribution in [3.8, 4) is 0 Å². The quantitative estimate of drug-likeness (QED) is 0.762. The van der Waals surface area contributed by atoms with Gasteiger partial charge in [-0.25, -0.2) is 13.6 Å². The van der Waals surface area contributed by atoms with Crippen LogP contribution in [-0.2, 0) is 14.3 Å². The Morgan fingerprint density at radius 3 is 2.31 bits per heavy atom. The summed E-state index contributed by atoms with van der Waals surface area (Å²) in [5.41, 5.74) is -1.63. The van der Waals surface area contributed by atoms with E-state index in [4.69, 9.17) is 4.74 Å². The first-order valence-corrected chi connectivity index (χ1v) is 8.83. The fourth-order valence-electron chi connectivity index (χ4n) is 3.40. The van der Waals surface area contributed by atoms with Gasteiger partial charge in [-0.2, -0.15) is 0 Å². The Morgan fingerprint density at radius 2 is 1.81 bits per heavy atom. The minimum absolute atomic E-state index is 0.0800. The first kappa shape index (κ1) is 20.6. The predicted molar refractivity (Wildman–Crippen MR) is 90.8 cm³/mol. The summed E-state index contributed by atoms with van der Waals surface area (Å²) in [6, 6.07) is -1.25. The van der Waals surface area contributed by atoms with Crippen molar-refractivity contribution in [1.29, 1.82) is 0 Å². The maximum atomic E-state index is 14.4. The number of hydrogen-bond acceptors (Lipinski definition) is 4. The second-order valence-corrected chi connectivity index (χ2v) is 8.91. The Labute approximate surface area is 152 Å². The maximum Gasteiger partial charge on any atom is 0.411 e. The van der Waals surface area contributed by atoms with Gasteiger partial charge < -0.3 is 9.64 Å². The highest BCUT2D eigenvalue weighted by atomic mass is 19.3. The molecule has 2 fully saturated rings. The summed E-state index contributed by atoms with van der Waals surface area (Å²) in [6.45, 7) is 9.24. The summed E-state index contributed by atoms with van der Waals surface area (Å²) in [7, 11) is 0. The molecule has 0 aliphatic carbocycles. The Hall–Kier alpha value is -1.73. The van der Waals surface area contributed by atoms with Gasteiger partial charge in [0.1, 0.15) is 17.4 Å². The number of piperidine rings is 1. The highest BCUT2D eigenvalue weighted by molar-refractivity contribution is 5.89. The molecule has 0 radical (unpaired) electrons. The van der Waals surface area contributed by atoms with Crippen LogP contribution >= 0.6 is 0 Å². The van der Waals surface area contributed by atoms with E-state index in [-0.39, 0.29) is 25.3 Å². The normalized spacial score (nSPS) is 25.9. The number of carbonyl (C=O) groups excluding carboxylic acids is 3. The van der Waals surface area contributed by atoms with Gasteiger partial charge in [-0.1, -0.05) is 13.8 Å². The van der Waals surface area contributed by atoms with Gasteiger partial charge in [-0.05, 0) is 34.1 Å². The monoisotopic (exact) mass is 374 g/mol. The number of alkyl halides is 2. The van der Waals surface area contributed by atoms with Crippen molar-refractivity contribution in [1.82, 2.24) is 9.80 Å². The second kappa shape index (κ2) is 6.46. The molecular weight excluding hydrogens is 346 g/mol. The minimum Gasteiger partial charge on any atom is -0.444 e. The zero-order valence-electron chi connectivity index (χ0n) is 16.3. The van der Waals surface area contributed by atoms with Crippen molar-refractivity contribution >= 4 is 17.8 Å². The Bertz CT molecular complexity index is 613. The van der Waals surface area contributed by atoms with E-state index in [0.717, 1.165) is 4.90 Å². The first-order valence-electron chi connectivity index (χ1n) is 8.83. The fourth-order valence-corrected chi connectivity index (χ4v) is 3.40. The van der Waals surface area contributed by atoms with Crippen LogP contribution in [0.1, 0.15) is 48.0 Å². The van der Waals surface area contributed by atoms with Crippen LogP contribution < -0.4 is 0 Å². The molecule has 2 rings (SSSR count). The summed E-state index contributed by atoms with van der Waals surface area (Å²) in [5.74, 6) is -5.00. The van der Waals surface area contributed by atoms with E-state index >= 15 is 0 Å². The average Bonchev–Trinajstić information content (AvgIpc) is 2.72. The first-order chi connectivity index (χ1) is 11.7. The van der Waals surface area contributed by atoms with Crippen molar-refractivity contribution in [2.45, 2.75) is 65.5 Å². The summed E-state index contributed by atoms with van der Waals surface area (Å²) in [6.07, 6.45) is -0.831. The topological polar surface area (TPSA) is 66.9 Å². The van der Waals surface area contributed by atoms with Crippen molar-refractivity contribution in [2.24, 2.45) is 11.3 Å². The van der Waals surface area contributed by atoms with Crippen molar-refractivity contribution < 1.29 is 27.9 Å². The molecule has 2 atom stereocenters. The molecule has 2 aliphatic heterocycles. The number of amides is 2. The van der Waals surface area contributed by atoms with Crippen LogP contribution in [0.3, 0.4) is 0 Å². The highest BCUT2D eigenvalue weighted by Gasteiger charge is 2.61. The number of carbonyl (C=O) groups is 3. The molecule has 0 bridgehead atoms. The number of Topliss-reactive ketones (excluding diaryl/α,β-unsaturated/α-hetero) is 1. The van der Waals surface area contributed by atoms with Gasteiger partial charge in [0.15, 0.2) is 0 Å². The largest absolute Gasteiger partial charge is 0.444 e. The predicted octanol–water partition coefficient (Wildman–Crippen LogP) is 2.70. The van der Waals surface area contributed by atoms with Crippen LogP contribution in [0.5, 0.6) is 0 Å². The van der Waals surface area contributed by atoms with E-state index in [0.29, 0.717) is 0 Å². The molecule has 0 unspecified atom stereocenters. The summed E-state index contributed by atoms with van der Waals surface area (Å²) < 4.78 is 34.0. The van der Waals surface area contributed by atoms with E-state index < -0.39 is 47.4 Å². The van der Waals surface area contributed by atoms with Crippen molar-refractivity contribution in [2.75, 3.05) is 19.6 Å². The van der Waals surface area contributed by atoms with E-state index in [1.54, 1.807) is 34.6 Å². The average molecular weight is 374 g/mol. The molecule has 0 spiro atoms. The third-order valence-corrected chi connectivity index (χ3v) is 5.08. The molecule has 0 aromatic rings. The molecular formula is C18H28F2N2O4. The number of nitrogens with zero attached hydrogens (tertiary/aromatic N) is 2. The molecule has 26 heavy (non-hydrogen) atoms. The molecule has 2 amide bonds. The fraction of sp³-hybridized carbons (Fsp3) is 0.833. The zero-order chi connectivity index (χ0) is 20.1. The number of likely N-dealkylation sites (tertiary alicyclic amines) is 2. The number of ketones is 1. The summed E-state index contributed by atoms with van der Waals surface area (Å²) in [4.78, 5) is 39.3. The van der Waals surface area contributed by atoms with Gasteiger partial charge in [0, 0.05) is 18.5 Å². The molecule has 2 saturated heterocycles.